The normalized spacial score (nSPS) is 50.3. The Bertz CT molecular complexity index is 603. The van der Waals surface area contributed by atoms with Crippen LogP contribution in [0, 0.1) is 40.4 Å². The monoisotopic (exact) mass is 420 g/mol. The average molecular weight is 421 g/mol. The summed E-state index contributed by atoms with van der Waals surface area (Å²) < 4.78 is 0. The van der Waals surface area contributed by atoms with Crippen LogP contribution in [0.4, 0.5) is 0 Å². The van der Waals surface area contributed by atoms with E-state index >= 15 is 0 Å². The lowest BCUT2D eigenvalue weighted by atomic mass is 9.43. The summed E-state index contributed by atoms with van der Waals surface area (Å²) in [4.78, 5) is 0. The molecule has 10 atom stereocenters. The molecule has 0 radical (unpaired) electrons. The fourth-order valence-corrected chi connectivity index (χ4v) is 9.38. The van der Waals surface area contributed by atoms with Crippen LogP contribution >= 0.6 is 0 Å². The van der Waals surface area contributed by atoms with Gasteiger partial charge in [0, 0.05) is 0 Å². The van der Waals surface area contributed by atoms with Gasteiger partial charge in [0.25, 0.3) is 0 Å². The molecule has 4 saturated carbocycles. The minimum absolute atomic E-state index is 0.184. The van der Waals surface area contributed by atoms with Gasteiger partial charge < -0.3 is 15.3 Å². The van der Waals surface area contributed by atoms with Crippen molar-refractivity contribution in [3.63, 3.8) is 0 Å². The van der Waals surface area contributed by atoms with E-state index in [0.717, 1.165) is 44.9 Å². The molecule has 0 aliphatic heterocycles. The summed E-state index contributed by atoms with van der Waals surface area (Å²) in [5.41, 5.74) is -0.158. The Kier molecular flexibility index (Phi) is 6.41. The summed E-state index contributed by atoms with van der Waals surface area (Å²) in [7, 11) is 0. The van der Waals surface area contributed by atoms with Crippen LogP contribution in [0.2, 0.25) is 0 Å². The summed E-state index contributed by atoms with van der Waals surface area (Å²) in [6.07, 6.45) is 13.9. The van der Waals surface area contributed by atoms with E-state index in [0.29, 0.717) is 23.7 Å². The van der Waals surface area contributed by atoms with Gasteiger partial charge >= 0.3 is 0 Å². The van der Waals surface area contributed by atoms with E-state index in [9.17, 15) is 15.3 Å². The van der Waals surface area contributed by atoms with Crippen LogP contribution in [-0.4, -0.2) is 33.1 Å². The van der Waals surface area contributed by atoms with Crippen molar-refractivity contribution in [2.75, 3.05) is 0 Å². The summed E-state index contributed by atoms with van der Waals surface area (Å²) >= 11 is 0. The zero-order chi connectivity index (χ0) is 21.7. The predicted octanol–water partition coefficient (Wildman–Crippen LogP) is 5.70. The molecular formula is C27H48O3. The topological polar surface area (TPSA) is 60.7 Å². The third-order valence-corrected chi connectivity index (χ3v) is 10.9. The van der Waals surface area contributed by atoms with Gasteiger partial charge in [0.1, 0.15) is 0 Å². The Morgan fingerprint density at radius 1 is 0.833 bits per heavy atom. The van der Waals surface area contributed by atoms with Crippen molar-refractivity contribution >= 4 is 0 Å². The zero-order valence-electron chi connectivity index (χ0n) is 20.1. The van der Waals surface area contributed by atoms with E-state index in [1.807, 2.05) is 0 Å². The summed E-state index contributed by atoms with van der Waals surface area (Å²) in [5.74, 6) is 2.59. The minimum Gasteiger partial charge on any atom is -0.393 e. The van der Waals surface area contributed by atoms with Crippen molar-refractivity contribution in [2.45, 2.75) is 129 Å². The molecule has 4 aliphatic carbocycles. The quantitative estimate of drug-likeness (QED) is 0.483. The SMILES string of the molecule is CCCCCC[C@](C)(O)[C@H]1CCC2C3CC(O)[C@H]4C[C@@H](O)CC[C@]4(C)C3CC[C@@]21C. The minimum atomic E-state index is -0.557. The smallest absolute Gasteiger partial charge is 0.0653 e. The molecule has 4 fully saturated rings. The maximum absolute atomic E-state index is 11.6. The summed E-state index contributed by atoms with van der Waals surface area (Å²) in [6.45, 7) is 9.29. The van der Waals surface area contributed by atoms with Gasteiger partial charge in [0.15, 0.2) is 0 Å². The van der Waals surface area contributed by atoms with Crippen molar-refractivity contribution in [2.24, 2.45) is 40.4 Å². The molecule has 30 heavy (non-hydrogen) atoms. The standard InChI is InChI=1S/C27H48O3/c1-5-6-7-8-13-27(4,30)24-10-9-20-19-17-23(29)22-16-18(28)11-14-25(22,2)21(19)12-15-26(20,24)3/h18-24,28-30H,5-17H2,1-4H3/t18-,19?,20?,21?,22+,23?,24-,25+,26-,27-/m0/s1. The average Bonchev–Trinajstić information content (AvgIpc) is 3.05. The highest BCUT2D eigenvalue weighted by molar-refractivity contribution is 5.13. The first kappa shape index (κ1) is 23.1. The highest BCUT2D eigenvalue weighted by Gasteiger charge is 2.63. The van der Waals surface area contributed by atoms with Gasteiger partial charge in [-0.2, -0.15) is 0 Å². The van der Waals surface area contributed by atoms with Gasteiger partial charge in [-0.25, -0.2) is 0 Å². The number of unbranched alkanes of at least 4 members (excludes halogenated alkanes) is 3. The van der Waals surface area contributed by atoms with E-state index in [1.54, 1.807) is 0 Å². The number of hydrogen-bond acceptors (Lipinski definition) is 3. The number of aliphatic hydroxyl groups excluding tert-OH is 2. The van der Waals surface area contributed by atoms with Crippen LogP contribution < -0.4 is 0 Å². The second-order valence-electron chi connectivity index (χ2n) is 12.6. The molecule has 0 bridgehead atoms. The van der Waals surface area contributed by atoms with Gasteiger partial charge in [-0.3, -0.25) is 0 Å². The van der Waals surface area contributed by atoms with Crippen molar-refractivity contribution in [3.05, 3.63) is 0 Å². The van der Waals surface area contributed by atoms with Crippen molar-refractivity contribution in [3.8, 4) is 0 Å². The van der Waals surface area contributed by atoms with Gasteiger partial charge in [0.05, 0.1) is 17.8 Å². The van der Waals surface area contributed by atoms with Gasteiger partial charge in [-0.05, 0) is 105 Å². The highest BCUT2D eigenvalue weighted by atomic mass is 16.3. The number of rotatable bonds is 6. The fourth-order valence-electron chi connectivity index (χ4n) is 9.38. The Hall–Kier alpha value is -0.120. The molecule has 0 amide bonds. The largest absolute Gasteiger partial charge is 0.393 e. The number of aliphatic hydroxyl groups is 3. The van der Waals surface area contributed by atoms with Crippen molar-refractivity contribution in [1.82, 2.24) is 0 Å². The number of fused-ring (bicyclic) bond motifs is 5. The third kappa shape index (κ3) is 3.69. The zero-order valence-corrected chi connectivity index (χ0v) is 20.1. The summed E-state index contributed by atoms with van der Waals surface area (Å²) in [6, 6.07) is 0. The van der Waals surface area contributed by atoms with E-state index in [-0.39, 0.29) is 29.0 Å². The van der Waals surface area contributed by atoms with Crippen LogP contribution in [0.15, 0.2) is 0 Å². The van der Waals surface area contributed by atoms with Crippen LogP contribution in [-0.2, 0) is 0 Å². The molecule has 174 valence electrons. The molecule has 4 unspecified atom stereocenters. The van der Waals surface area contributed by atoms with E-state index < -0.39 is 5.60 Å². The molecule has 3 nitrogen and oxygen atoms in total. The number of hydrogen-bond donors (Lipinski definition) is 3. The van der Waals surface area contributed by atoms with Crippen molar-refractivity contribution in [1.29, 1.82) is 0 Å². The Labute approximate surface area is 185 Å². The van der Waals surface area contributed by atoms with Crippen LogP contribution in [0.1, 0.15) is 111 Å². The molecule has 3 N–H and O–H groups in total. The molecule has 4 aliphatic rings. The highest BCUT2D eigenvalue weighted by Crippen LogP contribution is 2.68. The van der Waals surface area contributed by atoms with Crippen LogP contribution in [0.25, 0.3) is 0 Å². The molecule has 3 heteroatoms. The lowest BCUT2D eigenvalue weighted by Gasteiger charge is -2.62. The Morgan fingerprint density at radius 2 is 1.53 bits per heavy atom. The maximum Gasteiger partial charge on any atom is 0.0653 e. The molecule has 0 spiro atoms. The van der Waals surface area contributed by atoms with E-state index in [4.69, 9.17) is 0 Å². The second-order valence-corrected chi connectivity index (χ2v) is 12.6. The molecule has 4 rings (SSSR count). The third-order valence-electron chi connectivity index (χ3n) is 10.9. The van der Waals surface area contributed by atoms with Crippen LogP contribution in [0.5, 0.6) is 0 Å². The van der Waals surface area contributed by atoms with Crippen molar-refractivity contribution < 1.29 is 15.3 Å². The maximum atomic E-state index is 11.6. The van der Waals surface area contributed by atoms with Gasteiger partial charge in [0.2, 0.25) is 0 Å². The first-order valence-electron chi connectivity index (χ1n) is 13.2. The molecule has 0 aromatic carbocycles. The Balaban J connectivity index is 1.52. The lowest BCUT2D eigenvalue weighted by molar-refractivity contribution is -0.179. The Morgan fingerprint density at radius 3 is 2.27 bits per heavy atom. The first-order valence-corrected chi connectivity index (χ1v) is 13.2. The van der Waals surface area contributed by atoms with Gasteiger partial charge in [-0.1, -0.05) is 46.5 Å². The molecule has 0 heterocycles. The lowest BCUT2D eigenvalue weighted by Crippen LogP contribution is -2.59. The molecular weight excluding hydrogens is 372 g/mol. The van der Waals surface area contributed by atoms with Crippen LogP contribution in [0.3, 0.4) is 0 Å². The van der Waals surface area contributed by atoms with E-state index in [2.05, 4.69) is 27.7 Å². The van der Waals surface area contributed by atoms with E-state index in [1.165, 1.54) is 38.5 Å². The first-order chi connectivity index (χ1) is 14.1. The van der Waals surface area contributed by atoms with Gasteiger partial charge in [-0.15, -0.1) is 0 Å². The summed E-state index contributed by atoms with van der Waals surface area (Å²) in [5, 5.41) is 33.0. The molecule has 0 saturated heterocycles. The molecule has 0 aromatic heterocycles. The second kappa shape index (κ2) is 8.34. The molecule has 0 aromatic rings. The fraction of sp³-hybridized carbons (Fsp3) is 1.00. The predicted molar refractivity (Wildman–Crippen MR) is 122 cm³/mol.